The lowest BCUT2D eigenvalue weighted by molar-refractivity contribution is -0.146. The number of rotatable bonds is 6. The minimum Gasteiger partial charge on any atom is -0.461 e. The van der Waals surface area contributed by atoms with E-state index in [4.69, 9.17) is 4.74 Å². The summed E-state index contributed by atoms with van der Waals surface area (Å²) in [6.45, 7) is 5.14. The van der Waals surface area contributed by atoms with Gasteiger partial charge in [0.05, 0.1) is 5.92 Å². The first-order valence-corrected chi connectivity index (χ1v) is 9.65. The van der Waals surface area contributed by atoms with Gasteiger partial charge in [-0.1, -0.05) is 24.3 Å². The minimum absolute atomic E-state index is 0.0573. The molecule has 1 aliphatic carbocycles. The monoisotopic (exact) mass is 368 g/mol. The molecule has 0 unspecified atom stereocenters. The molecule has 2 aliphatic rings. The summed E-state index contributed by atoms with van der Waals surface area (Å²) in [7, 11) is 0. The lowest BCUT2D eigenvalue weighted by Crippen LogP contribution is -2.45. The summed E-state index contributed by atoms with van der Waals surface area (Å²) in [5.41, 5.74) is 3.39. The van der Waals surface area contributed by atoms with Crippen molar-refractivity contribution in [2.45, 2.75) is 26.0 Å². The van der Waals surface area contributed by atoms with Crippen LogP contribution < -0.4 is 4.90 Å². The van der Waals surface area contributed by atoms with Gasteiger partial charge >= 0.3 is 5.97 Å². The molecule has 0 amide bonds. The van der Waals surface area contributed by atoms with Crippen LogP contribution >= 0.6 is 0 Å². The van der Waals surface area contributed by atoms with Crippen LogP contribution in [0.1, 0.15) is 24.0 Å². The van der Waals surface area contributed by atoms with Crippen LogP contribution in [0.15, 0.2) is 48.5 Å². The van der Waals surface area contributed by atoms with Crippen LogP contribution in [-0.4, -0.2) is 37.0 Å². The van der Waals surface area contributed by atoms with Crippen LogP contribution in [-0.2, 0) is 22.7 Å². The quantitative estimate of drug-likeness (QED) is 0.730. The Bertz CT molecular complexity index is 764. The first kappa shape index (κ1) is 18.0. The molecule has 2 aromatic rings. The molecule has 2 fully saturated rings. The summed E-state index contributed by atoms with van der Waals surface area (Å²) in [6, 6.07) is 15.1. The van der Waals surface area contributed by atoms with Crippen LogP contribution in [0.4, 0.5) is 10.1 Å². The summed E-state index contributed by atoms with van der Waals surface area (Å²) in [4.78, 5) is 16.3. The highest BCUT2D eigenvalue weighted by Gasteiger charge is 2.31. The number of anilines is 1. The Morgan fingerprint density at radius 3 is 2.19 bits per heavy atom. The molecule has 5 heteroatoms. The van der Waals surface area contributed by atoms with Gasteiger partial charge in [-0.15, -0.1) is 0 Å². The van der Waals surface area contributed by atoms with Crippen LogP contribution in [0.2, 0.25) is 0 Å². The van der Waals surface area contributed by atoms with Gasteiger partial charge in [0.25, 0.3) is 0 Å². The fourth-order valence-corrected chi connectivity index (χ4v) is 3.41. The Labute approximate surface area is 159 Å². The molecule has 0 spiro atoms. The zero-order valence-corrected chi connectivity index (χ0v) is 15.4. The van der Waals surface area contributed by atoms with E-state index in [0.29, 0.717) is 6.61 Å². The van der Waals surface area contributed by atoms with Gasteiger partial charge in [0.2, 0.25) is 0 Å². The molecule has 4 nitrogen and oxygen atoms in total. The van der Waals surface area contributed by atoms with E-state index in [9.17, 15) is 9.18 Å². The van der Waals surface area contributed by atoms with E-state index in [-0.39, 0.29) is 17.7 Å². The van der Waals surface area contributed by atoms with Gasteiger partial charge in [-0.2, -0.15) is 0 Å². The SMILES string of the molecule is O=C(OCc1ccc(CN2CCN(c3ccc(F)cc3)CC2)cc1)C1CC1. The van der Waals surface area contributed by atoms with Crippen LogP contribution in [0, 0.1) is 11.7 Å². The van der Waals surface area contributed by atoms with Crippen molar-refractivity contribution in [3.05, 3.63) is 65.5 Å². The molecule has 0 radical (unpaired) electrons. The molecular weight excluding hydrogens is 343 g/mol. The average molecular weight is 368 g/mol. The third-order valence-electron chi connectivity index (χ3n) is 5.28. The zero-order chi connectivity index (χ0) is 18.6. The summed E-state index contributed by atoms with van der Waals surface area (Å²) in [5, 5.41) is 0. The molecule has 1 aliphatic heterocycles. The van der Waals surface area contributed by atoms with E-state index in [2.05, 4.69) is 21.9 Å². The van der Waals surface area contributed by atoms with E-state index in [1.165, 1.54) is 17.7 Å². The number of ether oxygens (including phenoxy) is 1. The number of hydrogen-bond donors (Lipinski definition) is 0. The number of carbonyl (C=O) groups is 1. The van der Waals surface area contributed by atoms with E-state index in [0.717, 1.165) is 56.8 Å². The van der Waals surface area contributed by atoms with Crippen molar-refractivity contribution < 1.29 is 13.9 Å². The Morgan fingerprint density at radius 1 is 0.926 bits per heavy atom. The molecule has 0 aromatic heterocycles. The topological polar surface area (TPSA) is 32.8 Å². The Morgan fingerprint density at radius 2 is 1.56 bits per heavy atom. The first-order chi connectivity index (χ1) is 13.2. The summed E-state index contributed by atoms with van der Waals surface area (Å²) in [5.74, 6) is -0.0981. The summed E-state index contributed by atoms with van der Waals surface area (Å²) in [6.07, 6.45) is 1.96. The Kier molecular flexibility index (Phi) is 5.39. The van der Waals surface area contributed by atoms with Crippen LogP contribution in [0.5, 0.6) is 0 Å². The molecule has 2 aromatic carbocycles. The van der Waals surface area contributed by atoms with Gasteiger partial charge in [-0.25, -0.2) is 4.39 Å². The molecule has 0 atom stereocenters. The summed E-state index contributed by atoms with van der Waals surface area (Å²) >= 11 is 0. The molecular formula is C22H25FN2O2. The fraction of sp³-hybridized carbons (Fsp3) is 0.409. The lowest BCUT2D eigenvalue weighted by Gasteiger charge is -2.36. The van der Waals surface area contributed by atoms with Crippen molar-refractivity contribution in [1.82, 2.24) is 4.90 Å². The lowest BCUT2D eigenvalue weighted by atomic mass is 10.1. The second-order valence-electron chi connectivity index (χ2n) is 7.44. The highest BCUT2D eigenvalue weighted by molar-refractivity contribution is 5.74. The molecule has 142 valence electrons. The standard InChI is InChI=1S/C22H25FN2O2/c23-20-7-9-21(10-8-20)25-13-11-24(12-14-25)15-17-1-3-18(4-2-17)16-27-22(26)19-5-6-19/h1-4,7-10,19H,5-6,11-16H2. The number of benzene rings is 2. The molecule has 0 bridgehead atoms. The molecule has 1 saturated carbocycles. The molecule has 1 saturated heterocycles. The molecule has 0 N–H and O–H groups in total. The Hall–Kier alpha value is -2.40. The van der Waals surface area contributed by atoms with Crippen molar-refractivity contribution in [3.8, 4) is 0 Å². The maximum Gasteiger partial charge on any atom is 0.309 e. The number of carbonyl (C=O) groups excluding carboxylic acids is 1. The molecule has 4 rings (SSSR count). The normalized spacial score (nSPS) is 17.7. The predicted octanol–water partition coefficient (Wildman–Crippen LogP) is 3.60. The number of piperazine rings is 1. The number of nitrogens with zero attached hydrogens (tertiary/aromatic N) is 2. The zero-order valence-electron chi connectivity index (χ0n) is 15.4. The predicted molar refractivity (Wildman–Crippen MR) is 103 cm³/mol. The van der Waals surface area contributed by atoms with E-state index in [1.807, 2.05) is 24.3 Å². The summed E-state index contributed by atoms with van der Waals surface area (Å²) < 4.78 is 18.4. The van der Waals surface area contributed by atoms with Gasteiger partial charge in [0, 0.05) is 38.4 Å². The number of hydrogen-bond acceptors (Lipinski definition) is 4. The maximum atomic E-state index is 13.1. The third kappa shape index (κ3) is 4.86. The van der Waals surface area contributed by atoms with Gasteiger partial charge in [-0.05, 0) is 48.2 Å². The van der Waals surface area contributed by atoms with E-state index in [1.54, 1.807) is 0 Å². The highest BCUT2D eigenvalue weighted by atomic mass is 19.1. The maximum absolute atomic E-state index is 13.1. The molecule has 27 heavy (non-hydrogen) atoms. The smallest absolute Gasteiger partial charge is 0.309 e. The van der Waals surface area contributed by atoms with Gasteiger partial charge < -0.3 is 9.64 Å². The largest absolute Gasteiger partial charge is 0.461 e. The van der Waals surface area contributed by atoms with Crippen LogP contribution in [0.3, 0.4) is 0 Å². The van der Waals surface area contributed by atoms with Crippen molar-refractivity contribution in [1.29, 1.82) is 0 Å². The minimum atomic E-state index is -0.192. The highest BCUT2D eigenvalue weighted by Crippen LogP contribution is 2.30. The number of halogens is 1. The first-order valence-electron chi connectivity index (χ1n) is 9.65. The van der Waals surface area contributed by atoms with Crippen LogP contribution in [0.25, 0.3) is 0 Å². The molecule has 1 heterocycles. The third-order valence-corrected chi connectivity index (χ3v) is 5.28. The second kappa shape index (κ2) is 8.09. The van der Waals surface area contributed by atoms with Crippen molar-refractivity contribution in [3.63, 3.8) is 0 Å². The Balaban J connectivity index is 1.23. The number of esters is 1. The van der Waals surface area contributed by atoms with Crippen molar-refractivity contribution in [2.24, 2.45) is 5.92 Å². The van der Waals surface area contributed by atoms with Crippen molar-refractivity contribution >= 4 is 11.7 Å². The van der Waals surface area contributed by atoms with E-state index >= 15 is 0 Å². The van der Waals surface area contributed by atoms with Crippen molar-refractivity contribution in [2.75, 3.05) is 31.1 Å². The van der Waals surface area contributed by atoms with Gasteiger partial charge in [0.1, 0.15) is 12.4 Å². The average Bonchev–Trinajstić information content (AvgIpc) is 3.54. The fourth-order valence-electron chi connectivity index (χ4n) is 3.41. The van der Waals surface area contributed by atoms with Gasteiger partial charge in [0.15, 0.2) is 0 Å². The van der Waals surface area contributed by atoms with Gasteiger partial charge in [-0.3, -0.25) is 9.69 Å². The van der Waals surface area contributed by atoms with E-state index < -0.39 is 0 Å². The second-order valence-corrected chi connectivity index (χ2v) is 7.44.